The van der Waals surface area contributed by atoms with Crippen LogP contribution >= 0.6 is 12.2 Å². The van der Waals surface area contributed by atoms with Gasteiger partial charge in [0, 0.05) is 0 Å². The number of benzene rings is 2. The number of aromatic amines is 1. The molecule has 1 heterocycles. The molecule has 0 radical (unpaired) electrons. The highest BCUT2D eigenvalue weighted by Gasteiger charge is 2.12. The van der Waals surface area contributed by atoms with Crippen molar-refractivity contribution < 1.29 is 4.39 Å². The van der Waals surface area contributed by atoms with E-state index in [9.17, 15) is 4.39 Å². The van der Waals surface area contributed by atoms with Crippen LogP contribution in [0.5, 0.6) is 0 Å². The van der Waals surface area contributed by atoms with Crippen molar-refractivity contribution in [3.8, 4) is 5.69 Å². The Morgan fingerprint density at radius 2 is 1.89 bits per heavy atom. The summed E-state index contributed by atoms with van der Waals surface area (Å²) < 4.78 is 16.3. The van der Waals surface area contributed by atoms with Crippen molar-refractivity contribution in [2.75, 3.05) is 0 Å². The predicted octanol–water partition coefficient (Wildman–Crippen LogP) is 4.14. The van der Waals surface area contributed by atoms with Gasteiger partial charge in [-0.1, -0.05) is 24.3 Å². The van der Waals surface area contributed by atoms with Crippen LogP contribution in [0, 0.1) is 17.5 Å². The van der Waals surface area contributed by atoms with Crippen molar-refractivity contribution in [3.63, 3.8) is 0 Å². The Balaban J connectivity index is 2.46. The zero-order valence-electron chi connectivity index (χ0n) is 9.77. The van der Waals surface area contributed by atoms with Crippen molar-refractivity contribution >= 4 is 23.3 Å². The van der Waals surface area contributed by atoms with Crippen molar-refractivity contribution in [3.05, 3.63) is 58.6 Å². The van der Waals surface area contributed by atoms with Crippen molar-refractivity contribution in [2.45, 2.75) is 6.92 Å². The molecule has 2 nitrogen and oxygen atoms in total. The topological polar surface area (TPSA) is 20.7 Å². The van der Waals surface area contributed by atoms with Gasteiger partial charge in [-0.25, -0.2) is 4.39 Å². The fourth-order valence-electron chi connectivity index (χ4n) is 2.18. The molecular weight excluding hydrogens is 247 g/mol. The van der Waals surface area contributed by atoms with E-state index in [0.717, 1.165) is 16.6 Å². The lowest BCUT2D eigenvalue weighted by Gasteiger charge is -2.09. The first kappa shape index (κ1) is 11.2. The monoisotopic (exact) mass is 258 g/mol. The van der Waals surface area contributed by atoms with Crippen LogP contribution in [0.4, 0.5) is 4.39 Å². The minimum absolute atomic E-state index is 0.268. The number of aromatic nitrogens is 2. The molecule has 0 saturated carbocycles. The Morgan fingerprint density at radius 3 is 2.67 bits per heavy atom. The third-order valence-electron chi connectivity index (χ3n) is 3.00. The minimum atomic E-state index is -0.268. The van der Waals surface area contributed by atoms with Gasteiger partial charge in [-0.3, -0.25) is 4.57 Å². The number of nitrogens with zero attached hydrogens (tertiary/aromatic N) is 1. The van der Waals surface area contributed by atoms with E-state index in [1.54, 1.807) is 10.6 Å². The normalized spacial score (nSPS) is 11.0. The van der Waals surface area contributed by atoms with E-state index in [0.29, 0.717) is 10.5 Å². The van der Waals surface area contributed by atoms with Gasteiger partial charge in [0.1, 0.15) is 5.82 Å². The first-order valence-corrected chi connectivity index (χ1v) is 6.04. The summed E-state index contributed by atoms with van der Waals surface area (Å²) in [6.45, 7) is 1.88. The fourth-order valence-corrected chi connectivity index (χ4v) is 2.48. The molecule has 0 atom stereocenters. The number of halogens is 1. The molecule has 0 aliphatic heterocycles. The molecule has 0 amide bonds. The molecule has 0 spiro atoms. The van der Waals surface area contributed by atoms with E-state index in [-0.39, 0.29) is 5.82 Å². The second-order valence-corrected chi connectivity index (χ2v) is 4.57. The maximum atomic E-state index is 14.0. The summed E-state index contributed by atoms with van der Waals surface area (Å²) in [5, 5.41) is 0. The van der Waals surface area contributed by atoms with Gasteiger partial charge in [-0.05, 0) is 42.9 Å². The smallest absolute Gasteiger partial charge is 0.182 e. The zero-order valence-corrected chi connectivity index (χ0v) is 10.6. The summed E-state index contributed by atoms with van der Waals surface area (Å²) in [5.41, 5.74) is 3.16. The molecule has 2 aromatic carbocycles. The summed E-state index contributed by atoms with van der Waals surface area (Å²) >= 11 is 5.29. The Hall–Kier alpha value is -1.94. The summed E-state index contributed by atoms with van der Waals surface area (Å²) in [7, 11) is 0. The van der Waals surface area contributed by atoms with E-state index in [4.69, 9.17) is 12.2 Å². The third-order valence-corrected chi connectivity index (χ3v) is 3.29. The number of H-pyrrole nitrogens is 1. The van der Waals surface area contributed by atoms with Crippen LogP contribution in [0.3, 0.4) is 0 Å². The van der Waals surface area contributed by atoms with Gasteiger partial charge in [0.05, 0.1) is 16.7 Å². The number of hydrogen-bond donors (Lipinski definition) is 1. The van der Waals surface area contributed by atoms with Gasteiger partial charge in [0.15, 0.2) is 4.77 Å². The average molecular weight is 258 g/mol. The van der Waals surface area contributed by atoms with Crippen LogP contribution in [-0.2, 0) is 0 Å². The van der Waals surface area contributed by atoms with Crippen LogP contribution in [0.2, 0.25) is 0 Å². The van der Waals surface area contributed by atoms with E-state index in [1.807, 2.05) is 37.3 Å². The maximum absolute atomic E-state index is 14.0. The van der Waals surface area contributed by atoms with Gasteiger partial charge in [-0.2, -0.15) is 0 Å². The largest absolute Gasteiger partial charge is 0.330 e. The molecule has 90 valence electrons. The SMILES string of the molecule is Cc1cccc(F)c1-n1c(=S)[nH]c2ccccc21. The summed E-state index contributed by atoms with van der Waals surface area (Å²) in [5.74, 6) is -0.268. The summed E-state index contributed by atoms with van der Waals surface area (Å²) in [4.78, 5) is 3.09. The van der Waals surface area contributed by atoms with Gasteiger partial charge in [0.2, 0.25) is 0 Å². The first-order valence-electron chi connectivity index (χ1n) is 5.64. The molecule has 18 heavy (non-hydrogen) atoms. The van der Waals surface area contributed by atoms with E-state index < -0.39 is 0 Å². The molecule has 3 aromatic rings. The number of hydrogen-bond acceptors (Lipinski definition) is 1. The third kappa shape index (κ3) is 1.57. The second-order valence-electron chi connectivity index (χ2n) is 4.19. The highest BCUT2D eigenvalue weighted by Crippen LogP contribution is 2.24. The number of nitrogens with one attached hydrogen (secondary N) is 1. The van der Waals surface area contributed by atoms with Gasteiger partial charge < -0.3 is 4.98 Å². The minimum Gasteiger partial charge on any atom is -0.330 e. The predicted molar refractivity (Wildman–Crippen MR) is 73.2 cm³/mol. The molecule has 1 N–H and O–H groups in total. The molecule has 0 saturated heterocycles. The van der Waals surface area contributed by atoms with Gasteiger partial charge >= 0.3 is 0 Å². The lowest BCUT2D eigenvalue weighted by molar-refractivity contribution is 0.617. The molecule has 4 heteroatoms. The number of imidazole rings is 1. The van der Waals surface area contributed by atoms with E-state index in [1.165, 1.54) is 6.07 Å². The van der Waals surface area contributed by atoms with Crippen LogP contribution in [-0.4, -0.2) is 9.55 Å². The van der Waals surface area contributed by atoms with Crippen molar-refractivity contribution in [1.29, 1.82) is 0 Å². The van der Waals surface area contributed by atoms with Gasteiger partial charge in [-0.15, -0.1) is 0 Å². The molecular formula is C14H11FN2S. The number of aryl methyl sites for hydroxylation is 1. The molecule has 0 unspecified atom stereocenters. The standard InChI is InChI=1S/C14H11FN2S/c1-9-5-4-6-10(15)13(9)17-12-8-3-2-7-11(12)16-14(17)18/h2-8H,1H3,(H,16,18). The highest BCUT2D eigenvalue weighted by molar-refractivity contribution is 7.71. The van der Waals surface area contributed by atoms with Gasteiger partial charge in [0.25, 0.3) is 0 Å². The van der Waals surface area contributed by atoms with Crippen molar-refractivity contribution in [2.24, 2.45) is 0 Å². The maximum Gasteiger partial charge on any atom is 0.182 e. The van der Waals surface area contributed by atoms with E-state index >= 15 is 0 Å². The van der Waals surface area contributed by atoms with E-state index in [2.05, 4.69) is 4.98 Å². The Morgan fingerprint density at radius 1 is 1.11 bits per heavy atom. The highest BCUT2D eigenvalue weighted by atomic mass is 32.1. The lowest BCUT2D eigenvalue weighted by Crippen LogP contribution is -2.00. The molecule has 0 aliphatic carbocycles. The van der Waals surface area contributed by atoms with Crippen LogP contribution in [0.15, 0.2) is 42.5 Å². The Kier molecular flexibility index (Phi) is 2.52. The van der Waals surface area contributed by atoms with Crippen LogP contribution in [0.25, 0.3) is 16.7 Å². The number of rotatable bonds is 1. The molecule has 1 aromatic heterocycles. The van der Waals surface area contributed by atoms with Crippen molar-refractivity contribution in [1.82, 2.24) is 9.55 Å². The molecule has 0 bridgehead atoms. The fraction of sp³-hybridized carbons (Fsp3) is 0.0714. The quantitative estimate of drug-likeness (QED) is 0.651. The average Bonchev–Trinajstić information content (AvgIpc) is 2.66. The second kappa shape index (κ2) is 4.07. The first-order chi connectivity index (χ1) is 8.68. The number of fused-ring (bicyclic) bond motifs is 1. The van der Waals surface area contributed by atoms with Crippen LogP contribution in [0.1, 0.15) is 5.56 Å². The molecule has 0 fully saturated rings. The Bertz CT molecular complexity index is 766. The zero-order chi connectivity index (χ0) is 12.7. The van der Waals surface area contributed by atoms with Crippen LogP contribution < -0.4 is 0 Å². The molecule has 3 rings (SSSR count). The Labute approximate surface area is 109 Å². The lowest BCUT2D eigenvalue weighted by atomic mass is 10.2. The summed E-state index contributed by atoms with van der Waals surface area (Å²) in [6.07, 6.45) is 0. The number of para-hydroxylation sites is 3. The molecule has 0 aliphatic rings. The summed E-state index contributed by atoms with van der Waals surface area (Å²) in [6, 6.07) is 12.7.